The van der Waals surface area contributed by atoms with Crippen LogP contribution in [0.4, 0.5) is 10.2 Å². The molecule has 4 aromatic rings. The summed E-state index contributed by atoms with van der Waals surface area (Å²) >= 11 is 5.84. The van der Waals surface area contributed by atoms with E-state index in [0.717, 1.165) is 6.07 Å². The van der Waals surface area contributed by atoms with Gasteiger partial charge in [-0.25, -0.2) is 27.8 Å². The number of aromatic nitrogens is 5. The number of anilines is 1. The monoisotopic (exact) mass is 458 g/mol. The van der Waals surface area contributed by atoms with Crippen LogP contribution < -0.4 is 9.46 Å². The number of pyridine rings is 2. The van der Waals surface area contributed by atoms with Crippen molar-refractivity contribution in [2.45, 2.75) is 4.90 Å². The molecular formula is C19H12ClFN6O3S. The van der Waals surface area contributed by atoms with Crippen molar-refractivity contribution in [1.82, 2.24) is 24.3 Å². The van der Waals surface area contributed by atoms with Gasteiger partial charge in [0.1, 0.15) is 5.69 Å². The number of ether oxygens (including phenoxy) is 1. The van der Waals surface area contributed by atoms with Crippen molar-refractivity contribution in [3.63, 3.8) is 0 Å². The third-order valence-corrected chi connectivity index (χ3v) is 5.57. The molecule has 0 fully saturated rings. The van der Waals surface area contributed by atoms with E-state index in [1.165, 1.54) is 31.8 Å². The zero-order chi connectivity index (χ0) is 22.0. The molecule has 0 saturated heterocycles. The minimum atomic E-state index is -4.30. The Kier molecular flexibility index (Phi) is 5.41. The number of sulfonamides is 1. The molecule has 0 bridgehead atoms. The van der Waals surface area contributed by atoms with E-state index >= 15 is 0 Å². The normalized spacial score (nSPS) is 11.1. The van der Waals surface area contributed by atoms with Crippen LogP contribution in [0.3, 0.4) is 0 Å². The van der Waals surface area contributed by atoms with Crippen LogP contribution in [0.1, 0.15) is 11.3 Å². The van der Waals surface area contributed by atoms with E-state index in [9.17, 15) is 12.8 Å². The maximum Gasteiger partial charge on any atom is 0.268 e. The summed E-state index contributed by atoms with van der Waals surface area (Å²) < 4.78 is 49.1. The molecule has 31 heavy (non-hydrogen) atoms. The molecular weight excluding hydrogens is 447 g/mol. The Hall–Kier alpha value is -3.75. The molecule has 0 radical (unpaired) electrons. The van der Waals surface area contributed by atoms with Crippen molar-refractivity contribution in [2.75, 3.05) is 11.8 Å². The van der Waals surface area contributed by atoms with E-state index in [0.29, 0.717) is 11.3 Å². The van der Waals surface area contributed by atoms with Crippen LogP contribution in [-0.2, 0) is 10.0 Å². The van der Waals surface area contributed by atoms with Gasteiger partial charge in [-0.05, 0) is 18.1 Å². The first-order valence-corrected chi connectivity index (χ1v) is 10.4. The van der Waals surface area contributed by atoms with Gasteiger partial charge in [-0.15, -0.1) is 0 Å². The molecule has 0 aliphatic rings. The summed E-state index contributed by atoms with van der Waals surface area (Å²) in [6.07, 6.45) is 8.77. The Morgan fingerprint density at radius 3 is 2.81 bits per heavy atom. The van der Waals surface area contributed by atoms with E-state index < -0.39 is 21.7 Å². The van der Waals surface area contributed by atoms with Gasteiger partial charge >= 0.3 is 0 Å². The smallest absolute Gasteiger partial charge is 0.268 e. The summed E-state index contributed by atoms with van der Waals surface area (Å²) in [5.41, 5.74) is 1.03. The van der Waals surface area contributed by atoms with Crippen LogP contribution in [-0.4, -0.2) is 39.9 Å². The average molecular weight is 459 g/mol. The van der Waals surface area contributed by atoms with Gasteiger partial charge < -0.3 is 4.74 Å². The molecule has 0 atom stereocenters. The first kappa shape index (κ1) is 20.5. The third kappa shape index (κ3) is 4.11. The van der Waals surface area contributed by atoms with Crippen molar-refractivity contribution in [2.24, 2.45) is 0 Å². The SMILES string of the molecule is COc1ncc(Cl)cc1S(=O)(=O)Nc1nccc(C#Cc2cnc3cnccn23)c1F. The number of fused-ring (bicyclic) bond motifs is 1. The number of rotatable bonds is 4. The molecule has 0 spiro atoms. The lowest BCUT2D eigenvalue weighted by Crippen LogP contribution is -2.17. The highest BCUT2D eigenvalue weighted by atomic mass is 35.5. The molecule has 156 valence electrons. The molecule has 4 rings (SSSR count). The second-order valence-corrected chi connectivity index (χ2v) is 8.07. The van der Waals surface area contributed by atoms with Crippen molar-refractivity contribution in [3.05, 3.63) is 71.4 Å². The van der Waals surface area contributed by atoms with Gasteiger partial charge in [-0.3, -0.25) is 14.1 Å². The number of imidazole rings is 1. The van der Waals surface area contributed by atoms with E-state index in [2.05, 4.69) is 36.5 Å². The van der Waals surface area contributed by atoms with Crippen LogP contribution in [0, 0.1) is 17.7 Å². The number of halogens is 2. The quantitative estimate of drug-likeness (QED) is 0.468. The molecule has 9 nitrogen and oxygen atoms in total. The minimum absolute atomic E-state index is 0.0621. The van der Waals surface area contributed by atoms with Crippen LogP contribution in [0.2, 0.25) is 5.02 Å². The summed E-state index contributed by atoms with van der Waals surface area (Å²) in [6, 6.07) is 2.46. The van der Waals surface area contributed by atoms with Crippen LogP contribution in [0.25, 0.3) is 5.65 Å². The molecule has 0 aliphatic carbocycles. The Morgan fingerprint density at radius 1 is 1.16 bits per heavy atom. The summed E-state index contributed by atoms with van der Waals surface area (Å²) in [7, 11) is -3.05. The topological polar surface area (TPSA) is 111 Å². The van der Waals surface area contributed by atoms with Gasteiger partial charge in [-0.1, -0.05) is 17.5 Å². The van der Waals surface area contributed by atoms with E-state index in [-0.39, 0.29) is 21.4 Å². The maximum absolute atomic E-state index is 14.9. The van der Waals surface area contributed by atoms with Gasteiger partial charge in [0.15, 0.2) is 22.2 Å². The highest BCUT2D eigenvalue weighted by Gasteiger charge is 2.24. The second-order valence-electron chi connectivity index (χ2n) is 5.99. The van der Waals surface area contributed by atoms with Crippen LogP contribution in [0.5, 0.6) is 5.88 Å². The van der Waals surface area contributed by atoms with Gasteiger partial charge in [0.2, 0.25) is 5.88 Å². The number of hydrogen-bond donors (Lipinski definition) is 1. The standard InChI is InChI=1S/C19H12ClFN6O3S/c1-30-19-15(8-13(20)9-25-19)31(28,29)26-18-17(21)12(4-5-23-18)2-3-14-10-24-16-11-22-6-7-27(14)16/h4-11H,1H3,(H,23,26). The molecule has 0 aromatic carbocycles. The first-order valence-electron chi connectivity index (χ1n) is 8.55. The van der Waals surface area contributed by atoms with E-state index in [1.54, 1.807) is 23.0 Å². The van der Waals surface area contributed by atoms with Crippen molar-refractivity contribution in [3.8, 4) is 17.7 Å². The lowest BCUT2D eigenvalue weighted by atomic mass is 10.2. The molecule has 0 unspecified atom stereocenters. The van der Waals surface area contributed by atoms with Crippen molar-refractivity contribution in [1.29, 1.82) is 0 Å². The molecule has 0 aliphatic heterocycles. The Labute approximate surface area is 181 Å². The molecule has 12 heteroatoms. The Morgan fingerprint density at radius 2 is 2.00 bits per heavy atom. The molecule has 0 saturated carbocycles. The second kappa shape index (κ2) is 8.17. The largest absolute Gasteiger partial charge is 0.480 e. The first-order chi connectivity index (χ1) is 14.9. The fourth-order valence-corrected chi connectivity index (χ4v) is 3.99. The molecule has 4 heterocycles. The number of nitrogens with one attached hydrogen (secondary N) is 1. The van der Waals surface area contributed by atoms with Crippen molar-refractivity contribution >= 4 is 33.1 Å². The highest BCUT2D eigenvalue weighted by molar-refractivity contribution is 7.92. The zero-order valence-electron chi connectivity index (χ0n) is 15.7. The molecule has 1 N–H and O–H groups in total. The maximum atomic E-state index is 14.9. The molecule has 0 amide bonds. The predicted molar refractivity (Wildman–Crippen MR) is 110 cm³/mol. The average Bonchev–Trinajstić information content (AvgIpc) is 3.17. The molecule has 4 aromatic heterocycles. The fraction of sp³-hybridized carbons (Fsp3) is 0.0526. The lowest BCUT2D eigenvalue weighted by Gasteiger charge is -2.11. The number of nitrogens with zero attached hydrogens (tertiary/aromatic N) is 5. The van der Waals surface area contributed by atoms with Gasteiger partial charge in [0, 0.05) is 24.8 Å². The number of hydrogen-bond acceptors (Lipinski definition) is 7. The van der Waals surface area contributed by atoms with Crippen LogP contribution in [0.15, 0.2) is 54.2 Å². The fourth-order valence-electron chi connectivity index (χ4n) is 2.61. The summed E-state index contributed by atoms with van der Waals surface area (Å²) in [5.74, 6) is 3.80. The zero-order valence-corrected chi connectivity index (χ0v) is 17.3. The van der Waals surface area contributed by atoms with Crippen LogP contribution >= 0.6 is 11.6 Å². The summed E-state index contributed by atoms with van der Waals surface area (Å²) in [4.78, 5) is 15.3. The summed E-state index contributed by atoms with van der Waals surface area (Å²) in [5, 5.41) is 0.0671. The van der Waals surface area contributed by atoms with Gasteiger partial charge in [-0.2, -0.15) is 0 Å². The van der Waals surface area contributed by atoms with E-state index in [4.69, 9.17) is 16.3 Å². The van der Waals surface area contributed by atoms with E-state index in [1.807, 2.05) is 0 Å². The highest BCUT2D eigenvalue weighted by Crippen LogP contribution is 2.27. The Bertz CT molecular complexity index is 1460. The lowest BCUT2D eigenvalue weighted by molar-refractivity contribution is 0.385. The van der Waals surface area contributed by atoms with Gasteiger partial charge in [0.25, 0.3) is 10.0 Å². The predicted octanol–water partition coefficient (Wildman–Crippen LogP) is 2.52. The van der Waals surface area contributed by atoms with Crippen molar-refractivity contribution < 1.29 is 17.5 Å². The number of methoxy groups -OCH3 is 1. The minimum Gasteiger partial charge on any atom is -0.480 e. The Balaban J connectivity index is 1.68. The van der Waals surface area contributed by atoms with Gasteiger partial charge in [0.05, 0.1) is 30.1 Å². The summed E-state index contributed by atoms with van der Waals surface area (Å²) in [6.45, 7) is 0. The third-order valence-electron chi connectivity index (χ3n) is 4.03.